The molecule has 0 unspecified atom stereocenters. The van der Waals surface area contributed by atoms with E-state index in [1.54, 1.807) is 0 Å². The fourth-order valence-corrected chi connectivity index (χ4v) is 3.33. The number of carbonyl (C=O) groups excluding carboxylic acids is 1. The molecule has 0 bridgehead atoms. The highest BCUT2D eigenvalue weighted by Gasteiger charge is 2.34. The Kier molecular flexibility index (Phi) is 6.45. The monoisotopic (exact) mass is 424 g/mol. The lowest BCUT2D eigenvalue weighted by atomic mass is 10.2. The molecule has 0 radical (unpaired) electrons. The van der Waals surface area contributed by atoms with Crippen molar-refractivity contribution in [1.29, 1.82) is 0 Å². The van der Waals surface area contributed by atoms with Gasteiger partial charge in [0.25, 0.3) is 0 Å². The zero-order chi connectivity index (χ0) is 20.2. The molecule has 0 fully saturated rings. The Morgan fingerprint density at radius 3 is 2.41 bits per heavy atom. The van der Waals surface area contributed by atoms with E-state index in [1.165, 1.54) is 18.2 Å². The molecule has 2 aromatic carbocycles. The molecule has 1 amide bonds. The maximum atomic E-state index is 13.4. The highest BCUT2D eigenvalue weighted by Crippen LogP contribution is 2.35. The van der Waals surface area contributed by atoms with Gasteiger partial charge in [-0.1, -0.05) is 23.7 Å². The van der Waals surface area contributed by atoms with E-state index in [9.17, 15) is 30.8 Å². The molecule has 0 aliphatic rings. The number of para-hydroxylation sites is 1. The first-order valence-corrected chi connectivity index (χ1v) is 9.27. The summed E-state index contributed by atoms with van der Waals surface area (Å²) in [5.41, 5.74) is -1.36. The summed E-state index contributed by atoms with van der Waals surface area (Å²) in [7, 11) is -4.30. The summed E-state index contributed by atoms with van der Waals surface area (Å²) in [6, 6.07) is 7.54. The predicted octanol–water partition coefficient (Wildman–Crippen LogP) is 3.81. The molecular formula is C16H13ClF4N2O3S. The number of hydrogen-bond donors (Lipinski definition) is 2. The minimum atomic E-state index is -4.82. The number of carbonyl (C=O) groups is 1. The van der Waals surface area contributed by atoms with E-state index in [-0.39, 0.29) is 12.1 Å². The number of sulfonamides is 1. The third kappa shape index (κ3) is 5.65. The second kappa shape index (κ2) is 8.24. The van der Waals surface area contributed by atoms with Gasteiger partial charge in [0.2, 0.25) is 15.9 Å². The van der Waals surface area contributed by atoms with Crippen LogP contribution < -0.4 is 10.0 Å². The van der Waals surface area contributed by atoms with Gasteiger partial charge in [-0.3, -0.25) is 4.79 Å². The van der Waals surface area contributed by atoms with Gasteiger partial charge in [-0.15, -0.1) is 0 Å². The lowest BCUT2D eigenvalue weighted by Crippen LogP contribution is -2.28. The minimum Gasteiger partial charge on any atom is -0.324 e. The van der Waals surface area contributed by atoms with Gasteiger partial charge in [0, 0.05) is 13.0 Å². The smallest absolute Gasteiger partial charge is 0.324 e. The molecule has 146 valence electrons. The van der Waals surface area contributed by atoms with E-state index in [2.05, 4.69) is 5.32 Å². The Morgan fingerprint density at radius 1 is 1.11 bits per heavy atom. The van der Waals surface area contributed by atoms with Crippen molar-refractivity contribution in [3.8, 4) is 0 Å². The number of amides is 1. The maximum Gasteiger partial charge on any atom is 0.417 e. The Hall–Kier alpha value is -2.17. The topological polar surface area (TPSA) is 75.3 Å². The van der Waals surface area contributed by atoms with Crippen molar-refractivity contribution in [2.24, 2.45) is 0 Å². The molecule has 2 aromatic rings. The first-order valence-electron chi connectivity index (χ1n) is 7.41. The number of rotatable bonds is 6. The van der Waals surface area contributed by atoms with E-state index in [1.807, 2.05) is 4.72 Å². The van der Waals surface area contributed by atoms with E-state index < -0.39 is 50.0 Å². The third-order valence-electron chi connectivity index (χ3n) is 3.35. The molecule has 0 saturated carbocycles. The van der Waals surface area contributed by atoms with Crippen LogP contribution in [0, 0.1) is 5.82 Å². The number of benzene rings is 2. The largest absolute Gasteiger partial charge is 0.417 e. The average Bonchev–Trinajstić information content (AvgIpc) is 2.56. The van der Waals surface area contributed by atoms with Gasteiger partial charge in [0.1, 0.15) is 5.82 Å². The minimum absolute atomic E-state index is 0.0714. The normalized spacial score (nSPS) is 12.0. The van der Waals surface area contributed by atoms with E-state index in [0.717, 1.165) is 18.2 Å². The van der Waals surface area contributed by atoms with E-state index in [0.29, 0.717) is 6.07 Å². The molecule has 27 heavy (non-hydrogen) atoms. The Labute approximate surface area is 157 Å². The number of hydrogen-bond acceptors (Lipinski definition) is 3. The van der Waals surface area contributed by atoms with Gasteiger partial charge in [-0.05, 0) is 30.3 Å². The highest BCUT2D eigenvalue weighted by atomic mass is 35.5. The molecule has 2 N–H and O–H groups in total. The number of nitrogens with one attached hydrogen (secondary N) is 2. The molecule has 2 rings (SSSR count). The van der Waals surface area contributed by atoms with E-state index in [4.69, 9.17) is 11.6 Å². The summed E-state index contributed by atoms with van der Waals surface area (Å²) < 4.78 is 78.1. The number of alkyl halides is 3. The summed E-state index contributed by atoms with van der Waals surface area (Å²) in [4.78, 5) is 11.1. The van der Waals surface area contributed by atoms with Gasteiger partial charge in [-0.2, -0.15) is 13.2 Å². The molecule has 0 heterocycles. The Bertz CT molecular complexity index is 949. The SMILES string of the molecule is O=C(CCNS(=O)(=O)c1ccc(Cl)c(C(F)(F)F)c1)Nc1ccccc1F. The fraction of sp³-hybridized carbons (Fsp3) is 0.188. The van der Waals surface area contributed by atoms with Crippen LogP contribution in [0.15, 0.2) is 47.4 Å². The first kappa shape index (κ1) is 21.1. The van der Waals surface area contributed by atoms with Gasteiger partial charge in [0.05, 0.1) is 21.2 Å². The second-order valence-corrected chi connectivity index (χ2v) is 7.49. The van der Waals surface area contributed by atoms with Crippen molar-refractivity contribution >= 4 is 33.2 Å². The van der Waals surface area contributed by atoms with Gasteiger partial charge in [0.15, 0.2) is 0 Å². The number of anilines is 1. The van der Waals surface area contributed by atoms with Crippen LogP contribution in [-0.2, 0) is 21.0 Å². The van der Waals surface area contributed by atoms with Crippen LogP contribution >= 0.6 is 11.6 Å². The average molecular weight is 425 g/mol. The molecule has 0 aliphatic carbocycles. The van der Waals surface area contributed by atoms with Crippen LogP contribution in [0.25, 0.3) is 0 Å². The Morgan fingerprint density at radius 2 is 1.78 bits per heavy atom. The summed E-state index contributed by atoms with van der Waals surface area (Å²) in [5.74, 6) is -1.33. The summed E-state index contributed by atoms with van der Waals surface area (Å²) >= 11 is 5.45. The zero-order valence-corrected chi connectivity index (χ0v) is 15.1. The summed E-state index contributed by atoms with van der Waals surface area (Å²) in [6.45, 7) is -0.396. The fourth-order valence-electron chi connectivity index (χ4n) is 2.05. The zero-order valence-electron chi connectivity index (χ0n) is 13.5. The van der Waals surface area contributed by atoms with Crippen LogP contribution in [-0.4, -0.2) is 20.9 Å². The molecule has 5 nitrogen and oxygen atoms in total. The molecule has 0 atom stereocenters. The second-order valence-electron chi connectivity index (χ2n) is 5.32. The molecule has 0 aliphatic heterocycles. The molecule has 0 saturated heterocycles. The molecule has 11 heteroatoms. The summed E-state index contributed by atoms with van der Waals surface area (Å²) in [6.07, 6.45) is -5.17. The van der Waals surface area contributed by atoms with Crippen LogP contribution in [0.4, 0.5) is 23.2 Å². The van der Waals surface area contributed by atoms with Gasteiger partial charge < -0.3 is 5.32 Å². The predicted molar refractivity (Wildman–Crippen MR) is 91.3 cm³/mol. The third-order valence-corrected chi connectivity index (χ3v) is 5.13. The van der Waals surface area contributed by atoms with Crippen molar-refractivity contribution in [2.45, 2.75) is 17.5 Å². The summed E-state index contributed by atoms with van der Waals surface area (Å²) in [5, 5.41) is 1.62. The lowest BCUT2D eigenvalue weighted by molar-refractivity contribution is -0.137. The van der Waals surface area contributed by atoms with Crippen LogP contribution in [0.5, 0.6) is 0 Å². The lowest BCUT2D eigenvalue weighted by Gasteiger charge is -2.12. The van der Waals surface area contributed by atoms with Crippen LogP contribution in [0.2, 0.25) is 5.02 Å². The standard InChI is InChI=1S/C16H13ClF4N2O3S/c17-12-6-5-10(9-11(12)16(19,20)21)27(25,26)22-8-7-15(24)23-14-4-2-1-3-13(14)18/h1-6,9,22H,7-8H2,(H,23,24). The maximum absolute atomic E-state index is 13.4. The van der Waals surface area contributed by atoms with Gasteiger partial charge >= 0.3 is 6.18 Å². The van der Waals surface area contributed by atoms with Gasteiger partial charge in [-0.25, -0.2) is 17.5 Å². The molecule has 0 aromatic heterocycles. The first-order chi connectivity index (χ1) is 12.5. The van der Waals surface area contributed by atoms with Crippen LogP contribution in [0.3, 0.4) is 0 Å². The van der Waals surface area contributed by atoms with Crippen LogP contribution in [0.1, 0.15) is 12.0 Å². The highest BCUT2D eigenvalue weighted by molar-refractivity contribution is 7.89. The van der Waals surface area contributed by atoms with Crippen molar-refractivity contribution in [2.75, 3.05) is 11.9 Å². The van der Waals surface area contributed by atoms with Crippen molar-refractivity contribution in [3.63, 3.8) is 0 Å². The Balaban J connectivity index is 2.01. The van der Waals surface area contributed by atoms with Crippen molar-refractivity contribution in [1.82, 2.24) is 4.72 Å². The quantitative estimate of drug-likeness (QED) is 0.692. The molecular weight excluding hydrogens is 412 g/mol. The number of halogens is 5. The van der Waals surface area contributed by atoms with E-state index >= 15 is 0 Å². The van der Waals surface area contributed by atoms with Crippen molar-refractivity contribution < 1.29 is 30.8 Å². The molecule has 0 spiro atoms. The van der Waals surface area contributed by atoms with Crippen molar-refractivity contribution in [3.05, 3.63) is 58.9 Å².